The minimum Gasteiger partial charge on any atom is -0.504 e. The quantitative estimate of drug-likeness (QED) is 0.766. The van der Waals surface area contributed by atoms with E-state index in [0.717, 1.165) is 12.2 Å². The summed E-state index contributed by atoms with van der Waals surface area (Å²) in [7, 11) is 0. The molecule has 1 aromatic carbocycles. The van der Waals surface area contributed by atoms with E-state index in [4.69, 9.17) is 5.11 Å². The third-order valence-electron chi connectivity index (χ3n) is 2.49. The van der Waals surface area contributed by atoms with E-state index in [-0.39, 0.29) is 16.7 Å². The first-order valence-electron chi connectivity index (χ1n) is 5.04. The summed E-state index contributed by atoms with van der Waals surface area (Å²) in [6.45, 7) is 0. The molecule has 5 nitrogen and oxygen atoms in total. The van der Waals surface area contributed by atoms with Crippen molar-refractivity contribution in [2.45, 2.75) is 0 Å². The number of aromatic carboxylic acids is 1. The molecule has 0 atom stereocenters. The van der Waals surface area contributed by atoms with Crippen LogP contribution in [0.1, 0.15) is 15.9 Å². The molecule has 0 aliphatic heterocycles. The summed E-state index contributed by atoms with van der Waals surface area (Å²) in [6, 6.07) is 5.80. The van der Waals surface area contributed by atoms with Gasteiger partial charge in [0, 0.05) is 17.2 Å². The van der Waals surface area contributed by atoms with Crippen LogP contribution in [0, 0.1) is 0 Å². The second-order valence-electron chi connectivity index (χ2n) is 3.67. The maximum Gasteiger partial charge on any atom is 0.336 e. The van der Waals surface area contributed by atoms with E-state index < -0.39 is 23.3 Å². The highest BCUT2D eigenvalue weighted by Gasteiger charge is 2.25. The van der Waals surface area contributed by atoms with Crippen molar-refractivity contribution in [1.29, 1.82) is 0 Å². The Morgan fingerprint density at radius 2 is 1.72 bits per heavy atom. The monoisotopic (exact) mass is 244 g/mol. The van der Waals surface area contributed by atoms with Crippen LogP contribution in [0.5, 0.6) is 0 Å². The number of benzene rings is 1. The van der Waals surface area contributed by atoms with Crippen LogP contribution in [0.3, 0.4) is 0 Å². The molecule has 0 bridgehead atoms. The third kappa shape index (κ3) is 1.93. The summed E-state index contributed by atoms with van der Waals surface area (Å²) in [5, 5.41) is 18.3. The molecule has 1 aliphatic rings. The summed E-state index contributed by atoms with van der Waals surface area (Å²) in [5.74, 6) is -3.20. The molecular formula is C13H8O5. The lowest BCUT2D eigenvalue weighted by Crippen LogP contribution is -2.15. The van der Waals surface area contributed by atoms with Crippen molar-refractivity contribution < 1.29 is 24.6 Å². The van der Waals surface area contributed by atoms with Crippen molar-refractivity contribution in [3.05, 3.63) is 53.3 Å². The maximum atomic E-state index is 11.7. The second-order valence-corrected chi connectivity index (χ2v) is 3.67. The lowest BCUT2D eigenvalue weighted by molar-refractivity contribution is -0.115. The molecule has 0 amide bonds. The van der Waals surface area contributed by atoms with Crippen LogP contribution in [0.4, 0.5) is 0 Å². The third-order valence-corrected chi connectivity index (χ3v) is 2.49. The highest BCUT2D eigenvalue weighted by Crippen LogP contribution is 2.25. The molecule has 0 heterocycles. The molecule has 2 rings (SSSR count). The summed E-state index contributed by atoms with van der Waals surface area (Å²) in [6.07, 6.45) is 1.82. The maximum absolute atomic E-state index is 11.7. The molecule has 18 heavy (non-hydrogen) atoms. The van der Waals surface area contributed by atoms with Crippen molar-refractivity contribution in [2.24, 2.45) is 0 Å². The van der Waals surface area contributed by atoms with Crippen LogP contribution in [0.15, 0.2) is 42.2 Å². The van der Waals surface area contributed by atoms with Crippen LogP contribution < -0.4 is 0 Å². The van der Waals surface area contributed by atoms with E-state index in [1.54, 1.807) is 6.07 Å². The molecule has 2 N–H and O–H groups in total. The summed E-state index contributed by atoms with van der Waals surface area (Å²) < 4.78 is 0. The zero-order chi connectivity index (χ0) is 13.3. The van der Waals surface area contributed by atoms with Crippen LogP contribution in [0.2, 0.25) is 0 Å². The number of hydrogen-bond acceptors (Lipinski definition) is 4. The average Bonchev–Trinajstić information content (AvgIpc) is 2.33. The van der Waals surface area contributed by atoms with Gasteiger partial charge in [0.05, 0.1) is 5.56 Å². The summed E-state index contributed by atoms with van der Waals surface area (Å²) >= 11 is 0. The van der Waals surface area contributed by atoms with E-state index >= 15 is 0 Å². The Balaban J connectivity index is 2.60. The summed E-state index contributed by atoms with van der Waals surface area (Å²) in [5.41, 5.74) is -0.0967. The Hall–Kier alpha value is -2.69. The van der Waals surface area contributed by atoms with E-state index in [1.165, 1.54) is 18.2 Å². The number of ketones is 2. The number of carboxylic acids is 1. The van der Waals surface area contributed by atoms with Gasteiger partial charge in [-0.2, -0.15) is 0 Å². The second kappa shape index (κ2) is 4.29. The Labute approximate surface area is 102 Å². The standard InChI is InChI=1S/C13H8O5/c14-7-5-10(12(16)11(15)6-7)8-3-1-2-4-9(8)13(17)18/h1-6,15H,(H,17,18). The van der Waals surface area contributed by atoms with Crippen molar-refractivity contribution >= 4 is 23.1 Å². The number of hydrogen-bond donors (Lipinski definition) is 2. The molecule has 0 aromatic heterocycles. The topological polar surface area (TPSA) is 91.7 Å². The van der Waals surface area contributed by atoms with Gasteiger partial charge in [0.1, 0.15) is 0 Å². The Morgan fingerprint density at radius 1 is 1.06 bits per heavy atom. The molecule has 1 aliphatic carbocycles. The highest BCUT2D eigenvalue weighted by molar-refractivity contribution is 6.36. The van der Waals surface area contributed by atoms with Gasteiger partial charge < -0.3 is 10.2 Å². The number of aliphatic hydroxyl groups excluding tert-OH is 1. The fraction of sp³-hybridized carbons (Fsp3) is 0. The fourth-order valence-corrected chi connectivity index (χ4v) is 1.69. The minimum atomic E-state index is -1.21. The Morgan fingerprint density at radius 3 is 2.39 bits per heavy atom. The average molecular weight is 244 g/mol. The molecule has 0 saturated carbocycles. The van der Waals surface area contributed by atoms with Crippen molar-refractivity contribution in [3.8, 4) is 0 Å². The largest absolute Gasteiger partial charge is 0.504 e. The molecule has 5 heteroatoms. The van der Waals surface area contributed by atoms with Gasteiger partial charge in [-0.25, -0.2) is 4.79 Å². The lowest BCUT2D eigenvalue weighted by atomic mass is 9.92. The molecule has 0 unspecified atom stereocenters. The van der Waals surface area contributed by atoms with E-state index in [1.807, 2.05) is 0 Å². The van der Waals surface area contributed by atoms with Crippen LogP contribution in [-0.4, -0.2) is 27.7 Å². The van der Waals surface area contributed by atoms with Crippen molar-refractivity contribution in [2.75, 3.05) is 0 Å². The highest BCUT2D eigenvalue weighted by atomic mass is 16.4. The Kier molecular flexibility index (Phi) is 2.81. The van der Waals surface area contributed by atoms with Gasteiger partial charge in [-0.1, -0.05) is 18.2 Å². The summed E-state index contributed by atoms with van der Waals surface area (Å²) in [4.78, 5) is 34.0. The van der Waals surface area contributed by atoms with Gasteiger partial charge >= 0.3 is 5.97 Å². The predicted molar refractivity (Wildman–Crippen MR) is 62.1 cm³/mol. The molecule has 1 aromatic rings. The van der Waals surface area contributed by atoms with E-state index in [9.17, 15) is 19.5 Å². The smallest absolute Gasteiger partial charge is 0.336 e. The zero-order valence-corrected chi connectivity index (χ0v) is 9.08. The fourth-order valence-electron chi connectivity index (χ4n) is 1.69. The molecule has 0 fully saturated rings. The SMILES string of the molecule is O=C1C=C(O)C(=O)C(c2ccccc2C(=O)O)=C1. The predicted octanol–water partition coefficient (Wildman–Crippen LogP) is 1.36. The molecular weight excluding hydrogens is 236 g/mol. The zero-order valence-electron chi connectivity index (χ0n) is 9.08. The molecule has 0 spiro atoms. The van der Waals surface area contributed by atoms with Crippen LogP contribution in [0.25, 0.3) is 5.57 Å². The number of carbonyl (C=O) groups is 3. The number of allylic oxidation sites excluding steroid dienone is 3. The van der Waals surface area contributed by atoms with Crippen LogP contribution in [-0.2, 0) is 9.59 Å². The molecule has 0 saturated heterocycles. The Bertz CT molecular complexity index is 622. The van der Waals surface area contributed by atoms with Gasteiger partial charge in [0.15, 0.2) is 11.5 Å². The lowest BCUT2D eigenvalue weighted by Gasteiger charge is -2.11. The number of rotatable bonds is 2. The molecule has 0 radical (unpaired) electrons. The molecule has 90 valence electrons. The van der Waals surface area contributed by atoms with Gasteiger partial charge in [-0.15, -0.1) is 0 Å². The minimum absolute atomic E-state index is 0.0976. The number of carbonyl (C=O) groups excluding carboxylic acids is 2. The first-order chi connectivity index (χ1) is 8.50. The normalized spacial score (nSPS) is 15.1. The number of aliphatic hydroxyl groups is 1. The van der Waals surface area contributed by atoms with E-state index in [2.05, 4.69) is 0 Å². The van der Waals surface area contributed by atoms with E-state index in [0.29, 0.717) is 0 Å². The van der Waals surface area contributed by atoms with Gasteiger partial charge in [0.25, 0.3) is 0 Å². The number of carboxylic acid groups (broad SMARTS) is 1. The van der Waals surface area contributed by atoms with Crippen LogP contribution >= 0.6 is 0 Å². The van der Waals surface area contributed by atoms with Gasteiger partial charge in [-0.05, 0) is 12.1 Å². The number of Topliss-reactive ketones (excluding diaryl/α,β-unsaturated/α-hetero) is 1. The van der Waals surface area contributed by atoms with Crippen molar-refractivity contribution in [3.63, 3.8) is 0 Å². The van der Waals surface area contributed by atoms with Gasteiger partial charge in [-0.3, -0.25) is 9.59 Å². The first kappa shape index (κ1) is 11.8. The van der Waals surface area contributed by atoms with Gasteiger partial charge in [0.2, 0.25) is 5.78 Å². The first-order valence-corrected chi connectivity index (χ1v) is 5.04. The van der Waals surface area contributed by atoms with Crippen molar-refractivity contribution in [1.82, 2.24) is 0 Å².